The van der Waals surface area contributed by atoms with E-state index >= 15 is 0 Å². The average Bonchev–Trinajstić information content (AvgIpc) is 2.37. The van der Waals surface area contributed by atoms with Crippen molar-refractivity contribution in [3.63, 3.8) is 0 Å². The fourth-order valence-electron chi connectivity index (χ4n) is 1.64. The van der Waals surface area contributed by atoms with E-state index in [4.69, 9.17) is 4.55 Å². The van der Waals surface area contributed by atoms with E-state index in [2.05, 4.69) is 4.83 Å². The lowest BCUT2D eigenvalue weighted by Gasteiger charge is -2.23. The maximum atomic E-state index is 11.1. The highest BCUT2D eigenvalue weighted by molar-refractivity contribution is 7.83. The molecule has 19 heavy (non-hydrogen) atoms. The van der Waals surface area contributed by atoms with E-state index in [0.29, 0.717) is 11.4 Å². The number of para-hydroxylation sites is 1. The van der Waals surface area contributed by atoms with Crippen LogP contribution in [0.1, 0.15) is 5.56 Å². The molecule has 0 amide bonds. The molecule has 0 saturated carbocycles. The van der Waals surface area contributed by atoms with Gasteiger partial charge in [0.15, 0.2) is 0 Å². The molecule has 2 N–H and O–H groups in total. The molecule has 0 aliphatic carbocycles. The summed E-state index contributed by atoms with van der Waals surface area (Å²) in [7, 11) is -4.35. The summed E-state index contributed by atoms with van der Waals surface area (Å²) in [6, 6.07) is 16.1. The highest BCUT2D eigenvalue weighted by Crippen LogP contribution is 2.23. The van der Waals surface area contributed by atoms with Gasteiger partial charge in [0.1, 0.15) is 0 Å². The first-order valence-electron chi connectivity index (χ1n) is 5.62. The molecular formula is C13H14N2O3S. The van der Waals surface area contributed by atoms with Crippen LogP contribution >= 0.6 is 0 Å². The minimum atomic E-state index is -4.35. The highest BCUT2D eigenvalue weighted by Gasteiger charge is 2.14. The topological polar surface area (TPSA) is 69.6 Å². The van der Waals surface area contributed by atoms with Crippen molar-refractivity contribution in [2.45, 2.75) is 6.92 Å². The maximum Gasteiger partial charge on any atom is 0.350 e. The molecule has 0 heterocycles. The molecule has 0 fully saturated rings. The van der Waals surface area contributed by atoms with Crippen LogP contribution in [0.4, 0.5) is 11.4 Å². The lowest BCUT2D eigenvalue weighted by molar-refractivity contribution is 0.468. The Balaban J connectivity index is 2.43. The minimum absolute atomic E-state index is 0.601. The van der Waals surface area contributed by atoms with Gasteiger partial charge >= 0.3 is 10.3 Å². The van der Waals surface area contributed by atoms with Crippen LogP contribution in [0.3, 0.4) is 0 Å². The molecule has 2 rings (SSSR count). The Morgan fingerprint density at radius 1 is 0.947 bits per heavy atom. The number of anilines is 2. The number of nitrogens with one attached hydrogen (secondary N) is 1. The molecule has 0 aromatic heterocycles. The molecule has 2 aromatic carbocycles. The number of hydrazine groups is 1. The summed E-state index contributed by atoms with van der Waals surface area (Å²) >= 11 is 0. The molecule has 0 radical (unpaired) electrons. The molecule has 0 bridgehead atoms. The van der Waals surface area contributed by atoms with Crippen LogP contribution in [-0.2, 0) is 10.3 Å². The van der Waals surface area contributed by atoms with Gasteiger partial charge in [0, 0.05) is 0 Å². The van der Waals surface area contributed by atoms with Crippen molar-refractivity contribution in [3.05, 3.63) is 60.2 Å². The molecule has 2 aromatic rings. The second-order valence-corrected chi connectivity index (χ2v) is 5.21. The highest BCUT2D eigenvalue weighted by atomic mass is 32.2. The maximum absolute atomic E-state index is 11.1. The number of hydrogen-bond donors (Lipinski definition) is 2. The van der Waals surface area contributed by atoms with Gasteiger partial charge in [0.05, 0.1) is 11.4 Å². The second-order valence-electron chi connectivity index (χ2n) is 4.07. The third kappa shape index (κ3) is 3.78. The summed E-state index contributed by atoms with van der Waals surface area (Å²) in [6.07, 6.45) is 0. The van der Waals surface area contributed by atoms with Crippen molar-refractivity contribution in [2.24, 2.45) is 0 Å². The number of aryl methyl sites for hydroxylation is 1. The molecule has 0 aliphatic rings. The van der Waals surface area contributed by atoms with E-state index in [9.17, 15) is 8.42 Å². The number of nitrogens with zero attached hydrogens (tertiary/aromatic N) is 1. The molecule has 0 unspecified atom stereocenters. The van der Waals surface area contributed by atoms with Crippen LogP contribution in [0.5, 0.6) is 0 Å². The molecule has 0 spiro atoms. The molecule has 100 valence electrons. The van der Waals surface area contributed by atoms with Gasteiger partial charge in [0.25, 0.3) is 0 Å². The Bertz CT molecular complexity index is 639. The number of hydrogen-bond acceptors (Lipinski definition) is 3. The molecule has 0 atom stereocenters. The first kappa shape index (κ1) is 13.5. The van der Waals surface area contributed by atoms with E-state index in [1.165, 1.54) is 5.01 Å². The standard InChI is InChI=1S/C13H14N2O3S/c1-11-7-9-13(10-8-11)15(14-19(16,17)18)12-5-3-2-4-6-12/h2-10,14H,1H3,(H,16,17,18). The van der Waals surface area contributed by atoms with E-state index in [1.54, 1.807) is 36.4 Å². The van der Waals surface area contributed by atoms with Gasteiger partial charge in [-0.1, -0.05) is 40.7 Å². The first-order chi connectivity index (χ1) is 8.96. The summed E-state index contributed by atoms with van der Waals surface area (Å²) in [6.45, 7) is 1.94. The van der Waals surface area contributed by atoms with Gasteiger partial charge in [-0.2, -0.15) is 8.42 Å². The van der Waals surface area contributed by atoms with Crippen LogP contribution in [0.15, 0.2) is 54.6 Å². The Morgan fingerprint density at radius 2 is 1.47 bits per heavy atom. The molecule has 5 nitrogen and oxygen atoms in total. The van der Waals surface area contributed by atoms with Crippen molar-refractivity contribution in [1.29, 1.82) is 0 Å². The quantitative estimate of drug-likeness (QED) is 0.665. The largest absolute Gasteiger partial charge is 0.350 e. The third-order valence-corrected chi connectivity index (χ3v) is 2.93. The predicted octanol–water partition coefficient (Wildman–Crippen LogP) is 2.44. The van der Waals surface area contributed by atoms with Gasteiger partial charge in [-0.25, -0.2) is 0 Å². The van der Waals surface area contributed by atoms with Crippen molar-refractivity contribution in [1.82, 2.24) is 4.83 Å². The smallest absolute Gasteiger partial charge is 0.272 e. The Labute approximate surface area is 112 Å². The van der Waals surface area contributed by atoms with Crippen LogP contribution in [0.2, 0.25) is 0 Å². The van der Waals surface area contributed by atoms with Crippen molar-refractivity contribution >= 4 is 21.7 Å². The van der Waals surface area contributed by atoms with Crippen molar-refractivity contribution < 1.29 is 13.0 Å². The SMILES string of the molecule is Cc1ccc(N(NS(=O)(=O)O)c2ccccc2)cc1. The van der Waals surface area contributed by atoms with Gasteiger partial charge in [0.2, 0.25) is 0 Å². The fraction of sp³-hybridized carbons (Fsp3) is 0.0769. The second kappa shape index (κ2) is 5.40. The zero-order valence-corrected chi connectivity index (χ0v) is 11.1. The molecular weight excluding hydrogens is 264 g/mol. The molecule has 0 saturated heterocycles. The van der Waals surface area contributed by atoms with Gasteiger partial charge in [-0.15, -0.1) is 0 Å². The van der Waals surface area contributed by atoms with E-state index in [0.717, 1.165) is 5.56 Å². The van der Waals surface area contributed by atoms with Crippen molar-refractivity contribution in [3.8, 4) is 0 Å². The van der Waals surface area contributed by atoms with Crippen LogP contribution < -0.4 is 9.84 Å². The Hall–Kier alpha value is -1.89. The lowest BCUT2D eigenvalue weighted by Crippen LogP contribution is -2.38. The normalized spacial score (nSPS) is 11.3. The minimum Gasteiger partial charge on any atom is -0.272 e. The predicted molar refractivity (Wildman–Crippen MR) is 74.4 cm³/mol. The van der Waals surface area contributed by atoms with Crippen LogP contribution in [-0.4, -0.2) is 13.0 Å². The summed E-state index contributed by atoms with van der Waals surface area (Å²) < 4.78 is 31.1. The van der Waals surface area contributed by atoms with E-state index in [1.807, 2.05) is 25.1 Å². The number of rotatable bonds is 4. The summed E-state index contributed by atoms with van der Waals surface area (Å²) in [5.41, 5.74) is 2.27. The Morgan fingerprint density at radius 3 is 2.00 bits per heavy atom. The Kier molecular flexibility index (Phi) is 3.84. The van der Waals surface area contributed by atoms with Gasteiger partial charge < -0.3 is 0 Å². The summed E-state index contributed by atoms with van der Waals surface area (Å²) in [4.78, 5) is 2.07. The zero-order chi connectivity index (χ0) is 13.9. The molecule has 6 heteroatoms. The fourth-order valence-corrected chi connectivity index (χ4v) is 2.08. The zero-order valence-electron chi connectivity index (χ0n) is 10.3. The van der Waals surface area contributed by atoms with Crippen molar-refractivity contribution in [2.75, 3.05) is 5.01 Å². The van der Waals surface area contributed by atoms with Crippen LogP contribution in [0.25, 0.3) is 0 Å². The molecule has 0 aliphatic heterocycles. The first-order valence-corrected chi connectivity index (χ1v) is 7.06. The lowest BCUT2D eigenvalue weighted by atomic mass is 10.2. The van der Waals surface area contributed by atoms with Gasteiger partial charge in [-0.3, -0.25) is 9.56 Å². The van der Waals surface area contributed by atoms with E-state index in [-0.39, 0.29) is 0 Å². The number of benzene rings is 2. The third-order valence-electron chi connectivity index (χ3n) is 2.51. The summed E-state index contributed by atoms with van der Waals surface area (Å²) in [5, 5.41) is 1.30. The summed E-state index contributed by atoms with van der Waals surface area (Å²) in [5.74, 6) is 0. The van der Waals surface area contributed by atoms with Crippen LogP contribution in [0, 0.1) is 6.92 Å². The van der Waals surface area contributed by atoms with Gasteiger partial charge in [-0.05, 0) is 31.2 Å². The van der Waals surface area contributed by atoms with E-state index < -0.39 is 10.3 Å². The average molecular weight is 278 g/mol. The monoisotopic (exact) mass is 278 g/mol.